The van der Waals surface area contributed by atoms with E-state index in [9.17, 15) is 9.90 Å². The van der Waals surface area contributed by atoms with Crippen molar-refractivity contribution in [1.82, 2.24) is 14.5 Å². The summed E-state index contributed by atoms with van der Waals surface area (Å²) < 4.78 is 2.30. The third kappa shape index (κ3) is 2.87. The van der Waals surface area contributed by atoms with Crippen LogP contribution in [0.4, 0.5) is 0 Å². The number of hydrogen-bond acceptors (Lipinski definition) is 3. The first-order valence-electron chi connectivity index (χ1n) is 7.63. The molecule has 20 heavy (non-hydrogen) atoms. The molecule has 0 aromatic carbocycles. The second kappa shape index (κ2) is 5.56. The van der Waals surface area contributed by atoms with Crippen molar-refractivity contribution in [1.29, 1.82) is 0 Å². The van der Waals surface area contributed by atoms with Gasteiger partial charge in [-0.2, -0.15) is 0 Å². The maximum absolute atomic E-state index is 11.8. The van der Waals surface area contributed by atoms with Gasteiger partial charge in [0.25, 0.3) is 5.91 Å². The van der Waals surface area contributed by atoms with E-state index in [4.69, 9.17) is 0 Å². The fourth-order valence-corrected chi connectivity index (χ4v) is 3.04. The minimum atomic E-state index is -0.886. The van der Waals surface area contributed by atoms with Crippen molar-refractivity contribution in [3.63, 3.8) is 0 Å². The Morgan fingerprint density at radius 3 is 2.70 bits per heavy atom. The molecule has 0 spiro atoms. The molecule has 1 saturated carbocycles. The molecule has 1 aromatic heterocycles. The average molecular weight is 277 g/mol. The van der Waals surface area contributed by atoms with Crippen molar-refractivity contribution in [3.8, 4) is 0 Å². The number of amides is 1. The van der Waals surface area contributed by atoms with Crippen molar-refractivity contribution < 1.29 is 9.90 Å². The van der Waals surface area contributed by atoms with Gasteiger partial charge < -0.3 is 14.6 Å². The minimum Gasteiger partial charge on any atom is -0.384 e. The van der Waals surface area contributed by atoms with Gasteiger partial charge in [0, 0.05) is 37.9 Å². The van der Waals surface area contributed by atoms with Gasteiger partial charge in [-0.25, -0.2) is 4.98 Å². The minimum absolute atomic E-state index is 0.148. The quantitative estimate of drug-likeness (QED) is 0.904. The van der Waals surface area contributed by atoms with Crippen LogP contribution in [0.1, 0.15) is 44.3 Å². The molecule has 2 heterocycles. The van der Waals surface area contributed by atoms with Gasteiger partial charge in [0.1, 0.15) is 11.9 Å². The number of piperidine rings is 1. The second-order valence-electron chi connectivity index (χ2n) is 6.16. The van der Waals surface area contributed by atoms with E-state index in [1.165, 1.54) is 25.6 Å². The molecule has 1 atom stereocenters. The van der Waals surface area contributed by atoms with Gasteiger partial charge in [-0.1, -0.05) is 0 Å². The van der Waals surface area contributed by atoms with Crippen molar-refractivity contribution in [2.45, 2.75) is 51.2 Å². The van der Waals surface area contributed by atoms with Crippen LogP contribution in [0.3, 0.4) is 0 Å². The predicted molar refractivity (Wildman–Crippen MR) is 75.2 cm³/mol. The van der Waals surface area contributed by atoms with Crippen LogP contribution in [0, 0.1) is 5.92 Å². The van der Waals surface area contributed by atoms with Crippen LogP contribution in [0.15, 0.2) is 12.4 Å². The van der Waals surface area contributed by atoms with Gasteiger partial charge in [0.2, 0.25) is 0 Å². The van der Waals surface area contributed by atoms with E-state index < -0.39 is 6.10 Å². The summed E-state index contributed by atoms with van der Waals surface area (Å²) in [7, 11) is 0. The summed E-state index contributed by atoms with van der Waals surface area (Å²) in [4.78, 5) is 18.1. The Balaban J connectivity index is 1.60. The Kier molecular flexibility index (Phi) is 3.78. The maximum Gasteiger partial charge on any atom is 0.251 e. The molecule has 110 valence electrons. The van der Waals surface area contributed by atoms with E-state index in [0.717, 1.165) is 38.4 Å². The fourth-order valence-electron chi connectivity index (χ4n) is 3.04. The molecule has 1 N–H and O–H groups in total. The highest BCUT2D eigenvalue weighted by Crippen LogP contribution is 2.33. The summed E-state index contributed by atoms with van der Waals surface area (Å²) in [5.41, 5.74) is 0. The van der Waals surface area contributed by atoms with E-state index in [-0.39, 0.29) is 5.91 Å². The molecule has 2 fully saturated rings. The molecule has 1 aliphatic heterocycles. The van der Waals surface area contributed by atoms with Crippen LogP contribution < -0.4 is 0 Å². The third-order valence-electron chi connectivity index (χ3n) is 4.43. The zero-order chi connectivity index (χ0) is 14.1. The molecular formula is C15H23N3O2. The van der Waals surface area contributed by atoms with Crippen LogP contribution in [0.25, 0.3) is 0 Å². The summed E-state index contributed by atoms with van der Waals surface area (Å²) >= 11 is 0. The van der Waals surface area contributed by atoms with Crippen LogP contribution in [0.2, 0.25) is 0 Å². The van der Waals surface area contributed by atoms with E-state index >= 15 is 0 Å². The van der Waals surface area contributed by atoms with Crippen LogP contribution >= 0.6 is 0 Å². The van der Waals surface area contributed by atoms with Crippen molar-refractivity contribution in [3.05, 3.63) is 18.2 Å². The first-order chi connectivity index (χ1) is 9.65. The van der Waals surface area contributed by atoms with Gasteiger partial charge in [-0.15, -0.1) is 0 Å². The number of likely N-dealkylation sites (tertiary alicyclic amines) is 1. The normalized spacial score (nSPS) is 22.0. The predicted octanol–water partition coefficient (Wildman–Crippen LogP) is 1.38. The second-order valence-corrected chi connectivity index (χ2v) is 6.16. The summed E-state index contributed by atoms with van der Waals surface area (Å²) in [5, 5.41) is 9.37. The molecule has 2 aliphatic rings. The van der Waals surface area contributed by atoms with E-state index in [1.807, 2.05) is 6.20 Å². The fraction of sp³-hybridized carbons (Fsp3) is 0.733. The Bertz CT molecular complexity index is 471. The molecule has 5 nitrogen and oxygen atoms in total. The molecule has 3 rings (SSSR count). The number of carbonyl (C=O) groups excluding carboxylic acids is 1. The highest BCUT2D eigenvalue weighted by molar-refractivity contribution is 5.80. The lowest BCUT2D eigenvalue weighted by atomic mass is 9.95. The summed E-state index contributed by atoms with van der Waals surface area (Å²) in [6, 6.07) is 0. The average Bonchev–Trinajstić information content (AvgIpc) is 3.14. The van der Waals surface area contributed by atoms with Gasteiger partial charge in [-0.05, 0) is 38.5 Å². The number of aliphatic hydroxyl groups excluding tert-OH is 1. The van der Waals surface area contributed by atoms with Crippen molar-refractivity contribution in [2.75, 3.05) is 13.1 Å². The summed E-state index contributed by atoms with van der Waals surface area (Å²) in [5.74, 6) is 2.33. The molecule has 0 radical (unpaired) electrons. The number of imidazole rings is 1. The molecule has 1 aliphatic carbocycles. The number of carbonyl (C=O) groups is 1. The molecule has 5 heteroatoms. The van der Waals surface area contributed by atoms with Crippen LogP contribution in [-0.4, -0.2) is 44.7 Å². The zero-order valence-electron chi connectivity index (χ0n) is 12.0. The van der Waals surface area contributed by atoms with Gasteiger partial charge >= 0.3 is 0 Å². The number of rotatable bonds is 4. The van der Waals surface area contributed by atoms with Gasteiger partial charge in [0.05, 0.1) is 0 Å². The van der Waals surface area contributed by atoms with E-state index in [2.05, 4.69) is 15.7 Å². The maximum atomic E-state index is 11.8. The molecule has 1 amide bonds. The first-order valence-corrected chi connectivity index (χ1v) is 7.63. The highest BCUT2D eigenvalue weighted by Gasteiger charge is 2.29. The monoisotopic (exact) mass is 277 g/mol. The Morgan fingerprint density at radius 2 is 2.10 bits per heavy atom. The lowest BCUT2D eigenvalue weighted by Gasteiger charge is -2.32. The number of aliphatic hydroxyl groups is 1. The van der Waals surface area contributed by atoms with E-state index in [1.54, 1.807) is 4.90 Å². The Morgan fingerprint density at radius 1 is 1.40 bits per heavy atom. The third-order valence-corrected chi connectivity index (χ3v) is 4.43. The topological polar surface area (TPSA) is 58.4 Å². The zero-order valence-corrected chi connectivity index (χ0v) is 12.0. The largest absolute Gasteiger partial charge is 0.384 e. The summed E-state index contributed by atoms with van der Waals surface area (Å²) in [6.45, 7) is 4.09. The standard InChI is InChI=1S/C15H23N3O2/c1-11(19)15(20)17-7-4-13(5-8-17)14-16-6-9-18(14)10-12-2-3-12/h6,9,11-13,19H,2-5,7-8,10H2,1H3. The Labute approximate surface area is 119 Å². The highest BCUT2D eigenvalue weighted by atomic mass is 16.3. The molecule has 0 bridgehead atoms. The molecular weight excluding hydrogens is 254 g/mol. The van der Waals surface area contributed by atoms with Crippen LogP contribution in [-0.2, 0) is 11.3 Å². The Hall–Kier alpha value is -1.36. The number of aromatic nitrogens is 2. The van der Waals surface area contributed by atoms with Crippen molar-refractivity contribution in [2.24, 2.45) is 5.92 Å². The first kappa shape index (κ1) is 13.6. The SMILES string of the molecule is CC(O)C(=O)N1CCC(c2nccn2CC2CC2)CC1. The molecule has 1 unspecified atom stereocenters. The lowest BCUT2D eigenvalue weighted by molar-refractivity contribution is -0.140. The number of nitrogens with zero attached hydrogens (tertiary/aromatic N) is 3. The van der Waals surface area contributed by atoms with Crippen molar-refractivity contribution >= 4 is 5.91 Å². The van der Waals surface area contributed by atoms with Crippen LogP contribution in [0.5, 0.6) is 0 Å². The van der Waals surface area contributed by atoms with E-state index in [0.29, 0.717) is 5.92 Å². The van der Waals surface area contributed by atoms with Gasteiger partial charge in [0.15, 0.2) is 0 Å². The molecule has 1 saturated heterocycles. The molecule has 1 aromatic rings. The summed E-state index contributed by atoms with van der Waals surface area (Å²) in [6.07, 6.45) is 7.67. The smallest absolute Gasteiger partial charge is 0.251 e. The number of hydrogen-bond donors (Lipinski definition) is 1. The van der Waals surface area contributed by atoms with Gasteiger partial charge in [-0.3, -0.25) is 4.79 Å². The lowest BCUT2D eigenvalue weighted by Crippen LogP contribution is -2.42.